The molecule has 4 nitrogen and oxygen atoms in total. The first-order valence-electron chi connectivity index (χ1n) is 5.91. The quantitative estimate of drug-likeness (QED) is 0.608. The minimum Gasteiger partial charge on any atom is -0.461 e. The summed E-state index contributed by atoms with van der Waals surface area (Å²) in [5.74, 6) is -5.95. The fourth-order valence-electron chi connectivity index (χ4n) is 1.54. The number of nitrogens with two attached hydrogens (primary N) is 1. The third-order valence-electron chi connectivity index (χ3n) is 2.71. The highest BCUT2D eigenvalue weighted by molar-refractivity contribution is 5.79. The van der Waals surface area contributed by atoms with Crippen molar-refractivity contribution in [1.29, 1.82) is 0 Å². The average Bonchev–Trinajstić information content (AvgIpc) is 2.38. The first kappa shape index (κ1) is 15.5. The lowest BCUT2D eigenvalue weighted by Crippen LogP contribution is -2.60. The summed E-state index contributed by atoms with van der Waals surface area (Å²) in [7, 11) is 0. The van der Waals surface area contributed by atoms with Gasteiger partial charge in [0.1, 0.15) is 0 Å². The van der Waals surface area contributed by atoms with Gasteiger partial charge < -0.3 is 9.84 Å². The maximum atomic E-state index is 13.6. The largest absolute Gasteiger partial charge is 0.461 e. The lowest BCUT2D eigenvalue weighted by Gasteiger charge is -2.30. The highest BCUT2D eigenvalue weighted by atomic mass is 19.3. The first-order valence-corrected chi connectivity index (χ1v) is 5.91. The van der Waals surface area contributed by atoms with Gasteiger partial charge in [-0.25, -0.2) is 4.79 Å². The Morgan fingerprint density at radius 3 is 2.47 bits per heavy atom. The van der Waals surface area contributed by atoms with Gasteiger partial charge in [-0.2, -0.15) is 8.78 Å². The lowest BCUT2D eigenvalue weighted by molar-refractivity contribution is -0.213. The summed E-state index contributed by atoms with van der Waals surface area (Å²) >= 11 is 0. The minimum absolute atomic E-state index is 0.128. The molecule has 1 atom stereocenters. The number of carbonyl (C=O) groups is 1. The zero-order chi connectivity index (χ0) is 14.5. The van der Waals surface area contributed by atoms with Gasteiger partial charge in [0.2, 0.25) is 0 Å². The lowest BCUT2D eigenvalue weighted by atomic mass is 9.97. The summed E-state index contributed by atoms with van der Waals surface area (Å²) < 4.78 is 31.5. The van der Waals surface area contributed by atoms with Crippen molar-refractivity contribution in [3.05, 3.63) is 35.9 Å². The minimum atomic E-state index is -4.14. The van der Waals surface area contributed by atoms with Gasteiger partial charge in [-0.3, -0.25) is 5.73 Å². The maximum Gasteiger partial charge on any atom is 0.383 e. The Morgan fingerprint density at radius 2 is 1.95 bits per heavy atom. The molecule has 0 amide bonds. The van der Waals surface area contributed by atoms with Crippen LogP contribution in [0.25, 0.3) is 0 Å². The van der Waals surface area contributed by atoms with E-state index in [1.165, 1.54) is 6.92 Å². The summed E-state index contributed by atoms with van der Waals surface area (Å²) in [4.78, 5) is 11.1. The smallest absolute Gasteiger partial charge is 0.383 e. The number of aliphatic hydroxyl groups is 1. The molecule has 0 saturated carbocycles. The van der Waals surface area contributed by atoms with Crippen molar-refractivity contribution in [3.8, 4) is 0 Å². The molecular formula is C13H17F2NO3. The average molecular weight is 273 g/mol. The van der Waals surface area contributed by atoms with Gasteiger partial charge in [-0.05, 0) is 18.9 Å². The molecule has 3 N–H and O–H groups in total. The number of alkyl halides is 2. The van der Waals surface area contributed by atoms with Crippen LogP contribution in [-0.2, 0) is 16.0 Å². The van der Waals surface area contributed by atoms with E-state index in [9.17, 15) is 18.7 Å². The topological polar surface area (TPSA) is 72.5 Å². The molecule has 0 bridgehead atoms. The molecule has 0 saturated heterocycles. The number of hydrogen-bond acceptors (Lipinski definition) is 4. The Labute approximate surface area is 110 Å². The van der Waals surface area contributed by atoms with E-state index in [1.54, 1.807) is 30.3 Å². The van der Waals surface area contributed by atoms with Crippen LogP contribution in [0.15, 0.2) is 30.3 Å². The zero-order valence-corrected chi connectivity index (χ0v) is 10.6. The Balaban J connectivity index is 2.71. The highest BCUT2D eigenvalue weighted by Crippen LogP contribution is 2.30. The van der Waals surface area contributed by atoms with Gasteiger partial charge in [-0.1, -0.05) is 30.3 Å². The number of hydrogen-bond donors (Lipinski definition) is 2. The molecule has 0 aromatic heterocycles. The Bertz CT molecular complexity index is 421. The molecule has 1 aromatic carbocycles. The summed E-state index contributed by atoms with van der Waals surface area (Å²) in [6, 6.07) is 8.71. The summed E-state index contributed by atoms with van der Waals surface area (Å²) in [6.45, 7) is 1.19. The van der Waals surface area contributed by atoms with Gasteiger partial charge in [0, 0.05) is 6.42 Å². The molecule has 0 aliphatic rings. The van der Waals surface area contributed by atoms with E-state index in [2.05, 4.69) is 4.74 Å². The third-order valence-corrected chi connectivity index (χ3v) is 2.71. The van der Waals surface area contributed by atoms with Crippen LogP contribution in [0.2, 0.25) is 0 Å². The second-order valence-electron chi connectivity index (χ2n) is 4.20. The van der Waals surface area contributed by atoms with Crippen LogP contribution in [0, 0.1) is 0 Å². The molecule has 0 fully saturated rings. The fraction of sp³-hybridized carbons (Fsp3) is 0.462. The molecule has 0 aliphatic carbocycles. The molecule has 1 aromatic rings. The van der Waals surface area contributed by atoms with E-state index < -0.39 is 24.0 Å². The molecule has 0 radical (unpaired) electrons. The van der Waals surface area contributed by atoms with Crippen LogP contribution in [0.1, 0.15) is 18.9 Å². The first-order chi connectivity index (χ1) is 8.81. The molecule has 0 spiro atoms. The summed E-state index contributed by atoms with van der Waals surface area (Å²) in [5, 5.41) is 9.63. The van der Waals surface area contributed by atoms with Crippen molar-refractivity contribution < 1.29 is 23.4 Å². The van der Waals surface area contributed by atoms with E-state index >= 15 is 0 Å². The number of benzene rings is 1. The number of halogens is 2. The Kier molecular flexibility index (Phi) is 4.97. The van der Waals surface area contributed by atoms with Crippen LogP contribution in [0.5, 0.6) is 0 Å². The van der Waals surface area contributed by atoms with Crippen LogP contribution >= 0.6 is 0 Å². The van der Waals surface area contributed by atoms with Gasteiger partial charge in [0.05, 0.1) is 6.61 Å². The van der Waals surface area contributed by atoms with Crippen molar-refractivity contribution in [2.75, 3.05) is 6.61 Å². The molecule has 1 rings (SSSR count). The van der Waals surface area contributed by atoms with Crippen molar-refractivity contribution in [2.45, 2.75) is 31.4 Å². The number of aryl methyl sites for hydroxylation is 1. The second-order valence-corrected chi connectivity index (χ2v) is 4.20. The normalized spacial score (nSPS) is 14.8. The maximum absolute atomic E-state index is 13.6. The summed E-state index contributed by atoms with van der Waals surface area (Å²) in [6.07, 6.45) is -0.328. The third kappa shape index (κ3) is 3.71. The molecule has 106 valence electrons. The number of esters is 1. The molecule has 0 unspecified atom stereocenters. The zero-order valence-electron chi connectivity index (χ0n) is 10.6. The SMILES string of the molecule is CCOC(=O)C(F)(F)[C@](N)(O)CCc1ccccc1. The predicted octanol–water partition coefficient (Wildman–Crippen LogP) is 1.46. The molecule has 0 heterocycles. The monoisotopic (exact) mass is 273 g/mol. The number of rotatable bonds is 6. The second kappa shape index (κ2) is 6.08. The van der Waals surface area contributed by atoms with E-state index in [-0.39, 0.29) is 13.0 Å². The van der Waals surface area contributed by atoms with E-state index in [0.29, 0.717) is 0 Å². The van der Waals surface area contributed by atoms with Crippen LogP contribution in [0.4, 0.5) is 8.78 Å². The van der Waals surface area contributed by atoms with Gasteiger partial charge >= 0.3 is 11.9 Å². The van der Waals surface area contributed by atoms with Crippen molar-refractivity contribution in [1.82, 2.24) is 0 Å². The van der Waals surface area contributed by atoms with Gasteiger partial charge in [0.25, 0.3) is 0 Å². The highest BCUT2D eigenvalue weighted by Gasteiger charge is 2.57. The molecule has 19 heavy (non-hydrogen) atoms. The summed E-state index contributed by atoms with van der Waals surface area (Å²) in [5.41, 5.74) is 2.98. The van der Waals surface area contributed by atoms with Crippen molar-refractivity contribution in [2.24, 2.45) is 5.73 Å². The Morgan fingerprint density at radius 1 is 1.37 bits per heavy atom. The van der Waals surface area contributed by atoms with Crippen molar-refractivity contribution >= 4 is 5.97 Å². The standard InChI is InChI=1S/C13H17F2NO3/c1-2-19-11(17)13(14,15)12(16,18)9-8-10-6-4-3-5-7-10/h3-7,18H,2,8-9,16H2,1H3/t12-/m1/s1. The number of ether oxygens (including phenoxy) is 1. The van der Waals surface area contributed by atoms with E-state index in [0.717, 1.165) is 5.56 Å². The van der Waals surface area contributed by atoms with Crippen LogP contribution in [0.3, 0.4) is 0 Å². The van der Waals surface area contributed by atoms with E-state index in [1.807, 2.05) is 0 Å². The fourth-order valence-corrected chi connectivity index (χ4v) is 1.54. The van der Waals surface area contributed by atoms with Gasteiger partial charge in [-0.15, -0.1) is 0 Å². The molecule has 0 aliphatic heterocycles. The molecule has 6 heteroatoms. The Hall–Kier alpha value is -1.53. The van der Waals surface area contributed by atoms with E-state index in [4.69, 9.17) is 5.73 Å². The van der Waals surface area contributed by atoms with Gasteiger partial charge in [0.15, 0.2) is 5.72 Å². The van der Waals surface area contributed by atoms with Crippen LogP contribution in [-0.4, -0.2) is 29.3 Å². The predicted molar refractivity (Wildman–Crippen MR) is 65.5 cm³/mol. The number of carbonyl (C=O) groups excluding carboxylic acids is 1. The molecular weight excluding hydrogens is 256 g/mol. The van der Waals surface area contributed by atoms with Crippen LogP contribution < -0.4 is 5.73 Å². The van der Waals surface area contributed by atoms with Crippen molar-refractivity contribution in [3.63, 3.8) is 0 Å².